The second-order valence-electron chi connectivity index (χ2n) is 9.89. The summed E-state index contributed by atoms with van der Waals surface area (Å²) < 4.78 is 36.2. The Hall–Kier alpha value is -2.82. The summed E-state index contributed by atoms with van der Waals surface area (Å²) in [6, 6.07) is 9.84. The average Bonchev–Trinajstić information content (AvgIpc) is 3.48. The summed E-state index contributed by atoms with van der Waals surface area (Å²) in [5.74, 6) is -2.12. The number of carboxylic acid groups (broad SMARTS) is 1. The van der Waals surface area contributed by atoms with Crippen molar-refractivity contribution in [3.8, 4) is 0 Å². The Morgan fingerprint density at radius 1 is 1.21 bits per heavy atom. The smallest absolute Gasteiger partial charge is 0.306 e. The molecule has 2 fully saturated rings. The van der Waals surface area contributed by atoms with E-state index in [1.165, 1.54) is 28.4 Å². The first-order valence-corrected chi connectivity index (χ1v) is 13.8. The summed E-state index contributed by atoms with van der Waals surface area (Å²) in [5, 5.41) is 13.0. The number of carboxylic acids is 1. The molecule has 38 heavy (non-hydrogen) atoms. The van der Waals surface area contributed by atoms with Crippen LogP contribution in [0.1, 0.15) is 37.7 Å². The van der Waals surface area contributed by atoms with Crippen LogP contribution in [0, 0.1) is 11.7 Å². The number of carbonyl (C=O) groups is 2. The van der Waals surface area contributed by atoms with E-state index in [0.29, 0.717) is 36.5 Å². The van der Waals surface area contributed by atoms with Gasteiger partial charge in [-0.05, 0) is 55.5 Å². The molecule has 202 valence electrons. The Morgan fingerprint density at radius 2 is 1.97 bits per heavy atom. The van der Waals surface area contributed by atoms with Crippen LogP contribution >= 0.6 is 22.9 Å². The normalized spacial score (nSPS) is 23.6. The van der Waals surface area contributed by atoms with Crippen LogP contribution in [0.3, 0.4) is 0 Å². The van der Waals surface area contributed by atoms with Crippen molar-refractivity contribution < 1.29 is 28.2 Å². The number of ether oxygens (including phenoxy) is 1. The van der Waals surface area contributed by atoms with E-state index in [-0.39, 0.29) is 48.6 Å². The molecular weight excluding hydrogens is 536 g/mol. The lowest BCUT2D eigenvalue weighted by molar-refractivity contribution is -0.144. The number of rotatable bonds is 8. The molecule has 2 heterocycles. The Kier molecular flexibility index (Phi) is 8.11. The maximum Gasteiger partial charge on any atom is 0.306 e. The number of aliphatic carboxylic acids is 1. The number of likely N-dealkylation sites (tertiary alicyclic amines) is 1. The lowest BCUT2D eigenvalue weighted by atomic mass is 9.87. The SMILES string of the molecule is O=C(O)C1CCC(OC[C@@H]2C[C@H](F)CN2C(=O)Cc2cc(Cl)c(Nc3nc4ccccc4s3)cc2F)CC1. The van der Waals surface area contributed by atoms with Crippen molar-refractivity contribution in [3.63, 3.8) is 0 Å². The van der Waals surface area contributed by atoms with Gasteiger partial charge in [0.25, 0.3) is 0 Å². The van der Waals surface area contributed by atoms with Crippen molar-refractivity contribution in [2.24, 2.45) is 5.92 Å². The minimum atomic E-state index is -1.18. The van der Waals surface area contributed by atoms with Gasteiger partial charge in [0.05, 0.1) is 58.6 Å². The molecule has 1 saturated heterocycles. The molecule has 1 amide bonds. The minimum Gasteiger partial charge on any atom is -0.481 e. The zero-order valence-electron chi connectivity index (χ0n) is 20.5. The Morgan fingerprint density at radius 3 is 2.71 bits per heavy atom. The number of carbonyl (C=O) groups excluding carboxylic acids is 1. The number of amides is 1. The molecule has 2 N–H and O–H groups in total. The van der Waals surface area contributed by atoms with Gasteiger partial charge in [-0.15, -0.1) is 0 Å². The number of nitrogens with one attached hydrogen (secondary N) is 1. The maximum absolute atomic E-state index is 15.0. The third-order valence-corrected chi connectivity index (χ3v) is 8.51. The van der Waals surface area contributed by atoms with E-state index in [1.807, 2.05) is 24.3 Å². The number of benzene rings is 2. The van der Waals surface area contributed by atoms with Crippen LogP contribution in [0.2, 0.25) is 5.02 Å². The minimum absolute atomic E-state index is 0.0643. The number of nitrogens with zero attached hydrogens (tertiary/aromatic N) is 2. The molecule has 1 saturated carbocycles. The fraction of sp³-hybridized carbons (Fsp3) is 0.444. The summed E-state index contributed by atoms with van der Waals surface area (Å²) in [5.41, 5.74) is 1.29. The largest absolute Gasteiger partial charge is 0.481 e. The zero-order valence-corrected chi connectivity index (χ0v) is 22.1. The number of alkyl halides is 1. The standard InChI is InChI=1S/C27H28ClF2N3O4S/c28-20-9-16(21(30)12-23(20)32-27-31-22-3-1-2-4-24(22)38-27)10-25(34)33-13-17(29)11-18(33)14-37-19-7-5-15(6-8-19)26(35)36/h1-4,9,12,15,17-19H,5-8,10-11,13-14H2,(H,31,32)(H,35,36)/t15?,17-,18-,19?/m0/s1. The van der Waals surface area contributed by atoms with E-state index in [2.05, 4.69) is 10.3 Å². The Balaban J connectivity index is 1.20. The quantitative estimate of drug-likeness (QED) is 0.351. The second kappa shape index (κ2) is 11.5. The van der Waals surface area contributed by atoms with Gasteiger partial charge in [0.15, 0.2) is 5.13 Å². The van der Waals surface area contributed by atoms with Gasteiger partial charge in [-0.25, -0.2) is 13.8 Å². The molecule has 2 atom stereocenters. The molecule has 0 bridgehead atoms. The highest BCUT2D eigenvalue weighted by molar-refractivity contribution is 7.22. The van der Waals surface area contributed by atoms with E-state index in [9.17, 15) is 14.0 Å². The molecule has 0 radical (unpaired) electrons. The third kappa shape index (κ3) is 6.08. The summed E-state index contributed by atoms with van der Waals surface area (Å²) in [4.78, 5) is 30.1. The van der Waals surface area contributed by atoms with Gasteiger partial charge in [-0.3, -0.25) is 9.59 Å². The lowest BCUT2D eigenvalue weighted by Crippen LogP contribution is -2.40. The van der Waals surface area contributed by atoms with Crippen LogP contribution in [-0.2, 0) is 20.7 Å². The molecule has 1 aliphatic heterocycles. The molecule has 1 aromatic heterocycles. The van der Waals surface area contributed by atoms with Gasteiger partial charge in [-0.2, -0.15) is 0 Å². The highest BCUT2D eigenvalue weighted by Crippen LogP contribution is 2.33. The Bertz CT molecular complexity index is 1300. The summed E-state index contributed by atoms with van der Waals surface area (Å²) >= 11 is 7.83. The van der Waals surface area contributed by atoms with Crippen molar-refractivity contribution in [2.75, 3.05) is 18.5 Å². The average molecular weight is 564 g/mol. The van der Waals surface area contributed by atoms with Crippen LogP contribution in [0.15, 0.2) is 36.4 Å². The number of anilines is 2. The molecule has 1 aliphatic carbocycles. The molecule has 7 nitrogen and oxygen atoms in total. The first kappa shape index (κ1) is 26.8. The van der Waals surface area contributed by atoms with Gasteiger partial charge in [0, 0.05) is 6.42 Å². The van der Waals surface area contributed by atoms with Gasteiger partial charge in [-0.1, -0.05) is 35.1 Å². The van der Waals surface area contributed by atoms with Gasteiger partial charge in [0.2, 0.25) is 5.91 Å². The molecule has 2 aliphatic rings. The molecule has 5 rings (SSSR count). The number of halogens is 3. The van der Waals surface area contributed by atoms with Crippen molar-refractivity contribution in [1.82, 2.24) is 9.88 Å². The number of fused-ring (bicyclic) bond motifs is 1. The first-order chi connectivity index (χ1) is 18.3. The third-order valence-electron chi connectivity index (χ3n) is 7.24. The number of aromatic nitrogens is 1. The molecule has 3 aromatic rings. The number of para-hydroxylation sites is 1. The van der Waals surface area contributed by atoms with Crippen molar-refractivity contribution in [2.45, 2.75) is 56.8 Å². The monoisotopic (exact) mass is 563 g/mol. The van der Waals surface area contributed by atoms with Gasteiger partial charge in [0.1, 0.15) is 12.0 Å². The van der Waals surface area contributed by atoms with E-state index >= 15 is 4.39 Å². The lowest BCUT2D eigenvalue weighted by Gasteiger charge is -2.30. The number of thiazole rings is 1. The van der Waals surface area contributed by atoms with Crippen LogP contribution in [0.5, 0.6) is 0 Å². The molecule has 0 unspecified atom stereocenters. The number of hydrogen-bond donors (Lipinski definition) is 2. The van der Waals surface area contributed by atoms with E-state index < -0.39 is 29.9 Å². The van der Waals surface area contributed by atoms with E-state index in [1.54, 1.807) is 0 Å². The predicted molar refractivity (Wildman–Crippen MR) is 142 cm³/mol. The highest BCUT2D eigenvalue weighted by Gasteiger charge is 2.36. The summed E-state index contributed by atoms with van der Waals surface area (Å²) in [6.45, 7) is 0.105. The van der Waals surface area contributed by atoms with Gasteiger partial charge >= 0.3 is 5.97 Å². The van der Waals surface area contributed by atoms with Crippen LogP contribution in [-0.4, -0.2) is 58.3 Å². The fourth-order valence-corrected chi connectivity index (χ4v) is 6.28. The molecule has 2 aromatic carbocycles. The first-order valence-electron chi connectivity index (χ1n) is 12.6. The molecule has 11 heteroatoms. The molecular formula is C27H28ClF2N3O4S. The van der Waals surface area contributed by atoms with E-state index in [0.717, 1.165) is 10.2 Å². The van der Waals surface area contributed by atoms with Crippen LogP contribution in [0.4, 0.5) is 19.6 Å². The highest BCUT2D eigenvalue weighted by atomic mass is 35.5. The summed E-state index contributed by atoms with van der Waals surface area (Å²) in [7, 11) is 0. The van der Waals surface area contributed by atoms with Crippen LogP contribution < -0.4 is 5.32 Å². The second-order valence-corrected chi connectivity index (χ2v) is 11.3. The van der Waals surface area contributed by atoms with Crippen molar-refractivity contribution in [3.05, 3.63) is 52.8 Å². The van der Waals surface area contributed by atoms with E-state index in [4.69, 9.17) is 21.4 Å². The topological polar surface area (TPSA) is 91.8 Å². The maximum atomic E-state index is 15.0. The van der Waals surface area contributed by atoms with Gasteiger partial charge < -0.3 is 20.1 Å². The van der Waals surface area contributed by atoms with Crippen molar-refractivity contribution in [1.29, 1.82) is 0 Å². The van der Waals surface area contributed by atoms with Crippen LogP contribution in [0.25, 0.3) is 10.2 Å². The number of hydrogen-bond acceptors (Lipinski definition) is 6. The fourth-order valence-electron chi connectivity index (χ4n) is 5.17. The zero-order chi connectivity index (χ0) is 26.8. The summed E-state index contributed by atoms with van der Waals surface area (Å²) in [6.07, 6.45) is 0.961. The van der Waals surface area contributed by atoms with Crippen molar-refractivity contribution >= 4 is 55.8 Å². The Labute approximate surface area is 227 Å². The predicted octanol–water partition coefficient (Wildman–Crippen LogP) is 5.97. The molecule has 0 spiro atoms.